The largest absolute Gasteiger partial charge is 0.496 e. The van der Waals surface area contributed by atoms with Crippen molar-refractivity contribution in [1.29, 1.82) is 0 Å². The standard InChI is InChI=1S/C23H19FN2O4/c1-27-19-6-4-3-5-18(19)23-25-22(26-30-23)16-9-12-20(21(13-16)28-2)29-14-15-7-10-17(24)11-8-15/h3-13H,14H2,1-2H3. The van der Waals surface area contributed by atoms with Gasteiger partial charge in [0.1, 0.15) is 18.2 Å². The molecule has 0 fully saturated rings. The van der Waals surface area contributed by atoms with Crippen LogP contribution in [0.4, 0.5) is 4.39 Å². The highest BCUT2D eigenvalue weighted by molar-refractivity contribution is 5.66. The zero-order chi connectivity index (χ0) is 20.9. The average molecular weight is 406 g/mol. The van der Waals surface area contributed by atoms with Crippen LogP contribution in [0.5, 0.6) is 17.2 Å². The van der Waals surface area contributed by atoms with Gasteiger partial charge in [-0.15, -0.1) is 0 Å². The van der Waals surface area contributed by atoms with E-state index in [4.69, 9.17) is 18.7 Å². The fraction of sp³-hybridized carbons (Fsp3) is 0.130. The number of aromatic nitrogens is 2. The topological polar surface area (TPSA) is 66.6 Å². The summed E-state index contributed by atoms with van der Waals surface area (Å²) in [5.41, 5.74) is 2.28. The predicted octanol–water partition coefficient (Wildman–Crippen LogP) is 5.14. The monoisotopic (exact) mass is 406 g/mol. The molecule has 0 radical (unpaired) electrons. The van der Waals surface area contributed by atoms with E-state index < -0.39 is 0 Å². The average Bonchev–Trinajstić information content (AvgIpc) is 3.28. The summed E-state index contributed by atoms with van der Waals surface area (Å²) in [5.74, 6) is 2.22. The van der Waals surface area contributed by atoms with Crippen LogP contribution in [-0.2, 0) is 6.61 Å². The maximum atomic E-state index is 13.0. The van der Waals surface area contributed by atoms with Crippen molar-refractivity contribution in [3.8, 4) is 40.1 Å². The normalized spacial score (nSPS) is 10.6. The maximum Gasteiger partial charge on any atom is 0.262 e. The van der Waals surface area contributed by atoms with E-state index in [0.717, 1.165) is 5.56 Å². The van der Waals surface area contributed by atoms with Crippen molar-refractivity contribution in [2.45, 2.75) is 6.61 Å². The van der Waals surface area contributed by atoms with Gasteiger partial charge in [0.05, 0.1) is 19.8 Å². The summed E-state index contributed by atoms with van der Waals surface area (Å²) in [5, 5.41) is 4.07. The molecule has 0 bridgehead atoms. The lowest BCUT2D eigenvalue weighted by molar-refractivity contribution is 0.284. The fourth-order valence-corrected chi connectivity index (χ4v) is 2.94. The van der Waals surface area contributed by atoms with Gasteiger partial charge in [-0.1, -0.05) is 29.4 Å². The van der Waals surface area contributed by atoms with Gasteiger partial charge in [0.25, 0.3) is 5.89 Å². The van der Waals surface area contributed by atoms with Crippen LogP contribution in [0, 0.1) is 5.82 Å². The molecule has 1 aromatic heterocycles. The predicted molar refractivity (Wildman–Crippen MR) is 109 cm³/mol. The Balaban J connectivity index is 1.55. The Morgan fingerprint density at radius 1 is 0.867 bits per heavy atom. The minimum atomic E-state index is -0.284. The molecule has 3 aromatic carbocycles. The van der Waals surface area contributed by atoms with Crippen LogP contribution >= 0.6 is 0 Å². The highest BCUT2D eigenvalue weighted by Crippen LogP contribution is 2.34. The number of rotatable bonds is 7. The Hall–Kier alpha value is -3.87. The number of para-hydroxylation sites is 1. The van der Waals surface area contributed by atoms with E-state index in [9.17, 15) is 4.39 Å². The van der Waals surface area contributed by atoms with Crippen LogP contribution in [0.2, 0.25) is 0 Å². The van der Waals surface area contributed by atoms with E-state index in [1.54, 1.807) is 38.5 Å². The van der Waals surface area contributed by atoms with Crippen molar-refractivity contribution in [2.75, 3.05) is 14.2 Å². The Morgan fingerprint density at radius 2 is 1.63 bits per heavy atom. The van der Waals surface area contributed by atoms with Gasteiger partial charge in [0, 0.05) is 5.56 Å². The highest BCUT2D eigenvalue weighted by Gasteiger charge is 2.16. The van der Waals surface area contributed by atoms with Gasteiger partial charge in [0.15, 0.2) is 11.5 Å². The van der Waals surface area contributed by atoms with Crippen molar-refractivity contribution in [1.82, 2.24) is 10.1 Å². The third-order valence-electron chi connectivity index (χ3n) is 4.49. The molecule has 0 N–H and O–H groups in total. The lowest BCUT2D eigenvalue weighted by Gasteiger charge is -2.11. The van der Waals surface area contributed by atoms with E-state index in [1.165, 1.54) is 12.1 Å². The molecule has 6 nitrogen and oxygen atoms in total. The second kappa shape index (κ2) is 8.65. The number of methoxy groups -OCH3 is 2. The van der Waals surface area contributed by atoms with Gasteiger partial charge >= 0.3 is 0 Å². The molecule has 0 saturated carbocycles. The summed E-state index contributed by atoms with van der Waals surface area (Å²) < 4.78 is 35.1. The maximum absolute atomic E-state index is 13.0. The molecule has 0 aliphatic rings. The van der Waals surface area contributed by atoms with Crippen molar-refractivity contribution >= 4 is 0 Å². The van der Waals surface area contributed by atoms with Gasteiger partial charge in [-0.25, -0.2) is 4.39 Å². The summed E-state index contributed by atoms with van der Waals surface area (Å²) in [6.45, 7) is 0.288. The number of hydrogen-bond acceptors (Lipinski definition) is 6. The number of halogens is 1. The van der Waals surface area contributed by atoms with Crippen molar-refractivity contribution in [2.24, 2.45) is 0 Å². The number of nitrogens with zero attached hydrogens (tertiary/aromatic N) is 2. The molecule has 0 spiro atoms. The summed E-state index contributed by atoms with van der Waals surface area (Å²) in [6.07, 6.45) is 0. The molecule has 152 valence electrons. The molecule has 0 aliphatic heterocycles. The number of hydrogen-bond donors (Lipinski definition) is 0. The van der Waals surface area contributed by atoms with Gasteiger partial charge < -0.3 is 18.7 Å². The minimum Gasteiger partial charge on any atom is -0.496 e. The van der Waals surface area contributed by atoms with Gasteiger partial charge in [-0.05, 0) is 48.0 Å². The van der Waals surface area contributed by atoms with Gasteiger partial charge in [-0.2, -0.15) is 4.98 Å². The van der Waals surface area contributed by atoms with E-state index in [0.29, 0.717) is 40.1 Å². The van der Waals surface area contributed by atoms with Crippen LogP contribution in [-0.4, -0.2) is 24.4 Å². The highest BCUT2D eigenvalue weighted by atomic mass is 19.1. The summed E-state index contributed by atoms with van der Waals surface area (Å²) in [4.78, 5) is 4.48. The van der Waals surface area contributed by atoms with E-state index in [1.807, 2.05) is 30.3 Å². The zero-order valence-corrected chi connectivity index (χ0v) is 16.5. The molecule has 1 heterocycles. The first-order chi connectivity index (χ1) is 14.7. The summed E-state index contributed by atoms with van der Waals surface area (Å²) in [6, 6.07) is 18.9. The second-order valence-electron chi connectivity index (χ2n) is 6.40. The van der Waals surface area contributed by atoms with Crippen LogP contribution in [0.15, 0.2) is 71.3 Å². The molecule has 4 aromatic rings. The SMILES string of the molecule is COc1cc(-c2noc(-c3ccccc3OC)n2)ccc1OCc1ccc(F)cc1. The molecule has 4 rings (SSSR count). The summed E-state index contributed by atoms with van der Waals surface area (Å²) >= 11 is 0. The van der Waals surface area contributed by atoms with Crippen LogP contribution in [0.25, 0.3) is 22.8 Å². The molecule has 0 amide bonds. The Kier molecular flexibility index (Phi) is 5.61. The number of benzene rings is 3. The van der Waals surface area contributed by atoms with Crippen molar-refractivity contribution in [3.63, 3.8) is 0 Å². The quantitative estimate of drug-likeness (QED) is 0.423. The molecule has 0 saturated heterocycles. The van der Waals surface area contributed by atoms with Crippen molar-refractivity contribution < 1.29 is 23.1 Å². The molecule has 7 heteroatoms. The van der Waals surface area contributed by atoms with Crippen LogP contribution in [0.3, 0.4) is 0 Å². The first kappa shape index (κ1) is 19.4. The van der Waals surface area contributed by atoms with Crippen LogP contribution < -0.4 is 14.2 Å². The Bertz CT molecular complexity index is 1140. The molecule has 0 unspecified atom stereocenters. The zero-order valence-electron chi connectivity index (χ0n) is 16.5. The Labute approximate surface area is 172 Å². The molecule has 30 heavy (non-hydrogen) atoms. The van der Waals surface area contributed by atoms with Gasteiger partial charge in [-0.3, -0.25) is 0 Å². The van der Waals surface area contributed by atoms with E-state index in [2.05, 4.69) is 10.1 Å². The lowest BCUT2D eigenvalue weighted by atomic mass is 10.1. The van der Waals surface area contributed by atoms with E-state index in [-0.39, 0.29) is 12.4 Å². The molecule has 0 atom stereocenters. The molecular weight excluding hydrogens is 387 g/mol. The smallest absolute Gasteiger partial charge is 0.262 e. The first-order valence-electron chi connectivity index (χ1n) is 9.20. The van der Waals surface area contributed by atoms with Crippen LogP contribution in [0.1, 0.15) is 5.56 Å². The summed E-state index contributed by atoms with van der Waals surface area (Å²) in [7, 11) is 3.14. The van der Waals surface area contributed by atoms with Crippen molar-refractivity contribution in [3.05, 3.63) is 78.1 Å². The second-order valence-corrected chi connectivity index (χ2v) is 6.40. The fourth-order valence-electron chi connectivity index (χ4n) is 2.94. The minimum absolute atomic E-state index is 0.284. The molecular formula is C23H19FN2O4. The lowest BCUT2D eigenvalue weighted by Crippen LogP contribution is -1.98. The third-order valence-corrected chi connectivity index (χ3v) is 4.49. The van der Waals surface area contributed by atoms with E-state index >= 15 is 0 Å². The number of ether oxygens (including phenoxy) is 3. The van der Waals surface area contributed by atoms with Gasteiger partial charge in [0.2, 0.25) is 5.82 Å². The molecule has 0 aliphatic carbocycles. The first-order valence-corrected chi connectivity index (χ1v) is 9.20. The Morgan fingerprint density at radius 3 is 2.40 bits per heavy atom. The third kappa shape index (κ3) is 4.10.